The van der Waals surface area contributed by atoms with Crippen molar-refractivity contribution in [3.63, 3.8) is 0 Å². The van der Waals surface area contributed by atoms with E-state index in [0.717, 1.165) is 16.7 Å². The van der Waals surface area contributed by atoms with Gasteiger partial charge in [-0.15, -0.1) is 10.2 Å². The number of halogens is 9. The number of carbonyl (C=O) groups is 2. The number of ketones is 2. The predicted octanol–water partition coefficient (Wildman–Crippen LogP) is 10.7. The average molecular weight is 943 g/mol. The van der Waals surface area contributed by atoms with Gasteiger partial charge in [-0.1, -0.05) is 47.7 Å². The zero-order valence-corrected chi connectivity index (χ0v) is 36.5. The predicted molar refractivity (Wildman–Crippen MR) is 229 cm³/mol. The summed E-state index contributed by atoms with van der Waals surface area (Å²) < 4.78 is 128. The third-order valence-electron chi connectivity index (χ3n) is 11.1. The van der Waals surface area contributed by atoms with Crippen molar-refractivity contribution >= 4 is 46.8 Å². The summed E-state index contributed by atoms with van der Waals surface area (Å²) in [4.78, 5) is 32.7. The Morgan fingerprint density at radius 1 is 0.636 bits per heavy atom. The molecule has 5 aromatic heterocycles. The second-order valence-corrected chi connectivity index (χ2v) is 17.7. The van der Waals surface area contributed by atoms with E-state index in [0.29, 0.717) is 50.6 Å². The summed E-state index contributed by atoms with van der Waals surface area (Å²) in [5.74, 6) is -0.947. The van der Waals surface area contributed by atoms with Gasteiger partial charge in [0.15, 0.2) is 0 Å². The van der Waals surface area contributed by atoms with Crippen LogP contribution in [0, 0.1) is 0 Å². The van der Waals surface area contributed by atoms with Gasteiger partial charge in [-0.05, 0) is 80.7 Å². The molecule has 0 atom stereocenters. The van der Waals surface area contributed by atoms with Gasteiger partial charge in [0, 0.05) is 54.8 Å². The first-order valence-corrected chi connectivity index (χ1v) is 21.2. The van der Waals surface area contributed by atoms with E-state index in [9.17, 15) is 49.1 Å². The number of rotatable bonds is 12. The van der Waals surface area contributed by atoms with Crippen molar-refractivity contribution in [1.29, 1.82) is 0 Å². The summed E-state index contributed by atoms with van der Waals surface area (Å²) in [6.45, 7) is 8.00. The molecule has 0 spiro atoms. The van der Waals surface area contributed by atoms with Crippen LogP contribution in [0.5, 0.6) is 0 Å². The first-order valence-electron chi connectivity index (χ1n) is 20.4. The van der Waals surface area contributed by atoms with E-state index in [2.05, 4.69) is 20.2 Å². The van der Waals surface area contributed by atoms with Crippen molar-refractivity contribution < 1.29 is 58.4 Å². The van der Waals surface area contributed by atoms with Crippen LogP contribution in [-0.2, 0) is 37.9 Å². The summed E-state index contributed by atoms with van der Waals surface area (Å²) in [5.41, 5.74) is 5.79. The van der Waals surface area contributed by atoms with E-state index in [4.69, 9.17) is 9.31 Å². The summed E-state index contributed by atoms with van der Waals surface area (Å²) in [6, 6.07) is 21.0. The normalized spacial score (nSPS) is 15.0. The number of pyridine rings is 2. The van der Waals surface area contributed by atoms with Gasteiger partial charge in [-0.3, -0.25) is 18.4 Å². The van der Waals surface area contributed by atoms with Gasteiger partial charge >= 0.3 is 25.6 Å². The first kappa shape index (κ1) is 48.0. The standard InChI is InChI=1S/C24H26BF3N2O3.C21H14F6N4OS/c1-22(2)23(3,4)33-25(32-22)18-9-11-30-20(15-29-21(30)14-18)17-7-5-6-16(12-17)13-19(31)8-10-24(26,27)28;22-20(23,24)6-4-15(32)9-12-2-1-3-13(8-12)16-11-28-17-10-14(5-7-31(16)17)18-29-30-19(33-18)21(25,26)27/h5-7,9,11-12,14-15H,8,10,13H2,1-4H3;1-3,5,7-8,10-11H,4,6,9H2. The highest BCUT2D eigenvalue weighted by Gasteiger charge is 2.51. The van der Waals surface area contributed by atoms with Gasteiger partial charge < -0.3 is 9.31 Å². The summed E-state index contributed by atoms with van der Waals surface area (Å²) in [6.07, 6.45) is -9.96. The molecule has 0 unspecified atom stereocenters. The molecule has 21 heteroatoms. The molecule has 1 saturated heterocycles. The van der Waals surface area contributed by atoms with Gasteiger partial charge in [-0.2, -0.15) is 39.5 Å². The minimum atomic E-state index is -4.57. The van der Waals surface area contributed by atoms with Crippen LogP contribution < -0.4 is 5.46 Å². The van der Waals surface area contributed by atoms with Crippen molar-refractivity contribution in [1.82, 2.24) is 29.0 Å². The Morgan fingerprint density at radius 3 is 1.59 bits per heavy atom. The van der Waals surface area contributed by atoms with Crippen LogP contribution >= 0.6 is 11.3 Å². The second-order valence-electron chi connectivity index (χ2n) is 16.7. The lowest BCUT2D eigenvalue weighted by Gasteiger charge is -2.32. The Morgan fingerprint density at radius 2 is 1.12 bits per heavy atom. The maximum Gasteiger partial charge on any atom is 0.495 e. The van der Waals surface area contributed by atoms with Crippen LogP contribution in [0.25, 0.3) is 44.4 Å². The molecule has 0 amide bonds. The van der Waals surface area contributed by atoms with Crippen LogP contribution in [0.3, 0.4) is 0 Å². The minimum absolute atomic E-state index is 0.0350. The van der Waals surface area contributed by atoms with Gasteiger partial charge in [0.25, 0.3) is 0 Å². The fraction of sp³-hybridized carbons (Fsp3) is 0.333. The van der Waals surface area contributed by atoms with Gasteiger partial charge in [-0.25, -0.2) is 9.97 Å². The van der Waals surface area contributed by atoms with Gasteiger partial charge in [0.1, 0.15) is 27.9 Å². The number of hydrogen-bond acceptors (Lipinski definition) is 9. The highest BCUT2D eigenvalue weighted by atomic mass is 32.1. The molecule has 1 aliphatic heterocycles. The van der Waals surface area contributed by atoms with Gasteiger partial charge in [0.2, 0.25) is 5.01 Å². The van der Waals surface area contributed by atoms with E-state index < -0.39 is 79.1 Å². The van der Waals surface area contributed by atoms with Crippen molar-refractivity contribution in [3.8, 4) is 33.1 Å². The second kappa shape index (κ2) is 18.4. The highest BCUT2D eigenvalue weighted by molar-refractivity contribution is 7.14. The van der Waals surface area contributed by atoms with Crippen molar-refractivity contribution in [2.24, 2.45) is 0 Å². The highest BCUT2D eigenvalue weighted by Crippen LogP contribution is 2.38. The third-order valence-corrected chi connectivity index (χ3v) is 12.1. The zero-order chi connectivity index (χ0) is 47.8. The number of hydrogen-bond donors (Lipinski definition) is 0. The monoisotopic (exact) mass is 942 g/mol. The van der Waals surface area contributed by atoms with Crippen LogP contribution in [0.2, 0.25) is 0 Å². The fourth-order valence-electron chi connectivity index (χ4n) is 6.99. The molecule has 66 heavy (non-hydrogen) atoms. The van der Waals surface area contributed by atoms with Crippen LogP contribution in [0.1, 0.15) is 69.5 Å². The zero-order valence-electron chi connectivity index (χ0n) is 35.7. The number of fused-ring (bicyclic) bond motifs is 2. The van der Waals surface area contributed by atoms with Crippen LogP contribution in [0.4, 0.5) is 39.5 Å². The molecule has 0 aliphatic carbocycles. The maximum absolute atomic E-state index is 12.8. The Kier molecular flexibility index (Phi) is 13.4. The largest absolute Gasteiger partial charge is 0.495 e. The fourth-order valence-corrected chi connectivity index (χ4v) is 7.70. The first-order chi connectivity index (χ1) is 30.8. The number of benzene rings is 2. The number of carbonyl (C=O) groups excluding carboxylic acids is 2. The quantitative estimate of drug-likeness (QED) is 0.0879. The molecule has 0 radical (unpaired) electrons. The summed E-state index contributed by atoms with van der Waals surface area (Å²) >= 11 is 0.431. The third kappa shape index (κ3) is 11.5. The van der Waals surface area contributed by atoms with Crippen molar-refractivity contribution in [2.45, 2.75) is 96.0 Å². The van der Waals surface area contributed by atoms with E-state index in [1.165, 1.54) is 0 Å². The smallest absolute Gasteiger partial charge is 0.399 e. The number of imidazole rings is 2. The summed E-state index contributed by atoms with van der Waals surface area (Å²) in [5, 5.41) is 5.85. The Hall–Kier alpha value is -5.93. The van der Waals surface area contributed by atoms with E-state index in [1.807, 2.05) is 62.6 Å². The van der Waals surface area contributed by atoms with Crippen LogP contribution in [0.15, 0.2) is 97.6 Å². The average Bonchev–Trinajstić information content (AvgIpc) is 4.03. The molecule has 1 aliphatic rings. The molecule has 8 rings (SSSR count). The molecule has 0 bridgehead atoms. The van der Waals surface area contributed by atoms with Crippen molar-refractivity contribution in [3.05, 3.63) is 114 Å². The number of Topliss-reactive ketones (excluding diaryl/α,β-unsaturated/α-hetero) is 2. The molecule has 1 fully saturated rings. The molecule has 6 heterocycles. The topological polar surface area (TPSA) is 113 Å². The van der Waals surface area contributed by atoms with Crippen molar-refractivity contribution in [2.75, 3.05) is 0 Å². The molecule has 0 N–H and O–H groups in total. The SMILES string of the molecule is CC1(C)OB(c2ccn3c(-c4cccc(CC(=O)CCC(F)(F)F)c4)cnc3c2)OC1(C)C.O=C(CCC(F)(F)F)Cc1cccc(-c2cnc3cc(-c4nnc(C(F)(F)F)s4)ccn23)c1. The Labute approximate surface area is 376 Å². The van der Waals surface area contributed by atoms with E-state index in [-0.39, 0.29) is 17.8 Å². The van der Waals surface area contributed by atoms with E-state index >= 15 is 0 Å². The molecule has 2 aromatic carbocycles. The lowest BCUT2D eigenvalue weighted by Crippen LogP contribution is -2.41. The lowest BCUT2D eigenvalue weighted by molar-refractivity contribution is -0.143. The molecule has 346 valence electrons. The lowest BCUT2D eigenvalue weighted by atomic mass is 9.80. The molecular weight excluding hydrogens is 902 g/mol. The maximum atomic E-state index is 12.8. The van der Waals surface area contributed by atoms with E-state index in [1.54, 1.807) is 71.5 Å². The summed E-state index contributed by atoms with van der Waals surface area (Å²) in [7, 11) is -0.494. The number of nitrogens with zero attached hydrogens (tertiary/aromatic N) is 6. The molecular formula is C45H40BF9N6O4S. The Bertz CT molecular complexity index is 2870. The molecule has 10 nitrogen and oxygen atoms in total. The van der Waals surface area contributed by atoms with Crippen LogP contribution in [-0.4, -0.2) is 71.2 Å². The number of alkyl halides is 9. The Balaban J connectivity index is 0.000000196. The molecule has 7 aromatic rings. The minimum Gasteiger partial charge on any atom is -0.399 e. The van der Waals surface area contributed by atoms with Gasteiger partial charge in [0.05, 0.1) is 47.8 Å². The molecule has 0 saturated carbocycles. The number of aromatic nitrogens is 6.